The van der Waals surface area contributed by atoms with Gasteiger partial charge < -0.3 is 5.11 Å². The predicted octanol–water partition coefficient (Wildman–Crippen LogP) is 3.24. The standard InChI is InChI=1S/C15H11FN2O2S/c16-10-3-1-9(2-4-10)7-12(15(19)20)13-11-5-6-21-14(11)18-8-17-13/h1-6,8,12H,7H2,(H,19,20). The van der Waals surface area contributed by atoms with E-state index in [1.165, 1.54) is 29.8 Å². The van der Waals surface area contributed by atoms with E-state index in [1.807, 2.05) is 11.4 Å². The van der Waals surface area contributed by atoms with E-state index < -0.39 is 11.9 Å². The van der Waals surface area contributed by atoms with Gasteiger partial charge in [0.05, 0.1) is 5.69 Å². The lowest BCUT2D eigenvalue weighted by Crippen LogP contribution is -2.16. The number of hydrogen-bond donors (Lipinski definition) is 1. The molecule has 1 unspecified atom stereocenters. The number of carboxylic acids is 1. The van der Waals surface area contributed by atoms with Crippen LogP contribution in [0.1, 0.15) is 17.2 Å². The van der Waals surface area contributed by atoms with E-state index in [0.29, 0.717) is 5.69 Å². The summed E-state index contributed by atoms with van der Waals surface area (Å²) in [4.78, 5) is 20.7. The maximum Gasteiger partial charge on any atom is 0.312 e. The van der Waals surface area contributed by atoms with Gasteiger partial charge >= 0.3 is 5.97 Å². The number of benzene rings is 1. The van der Waals surface area contributed by atoms with Crippen LogP contribution in [0.2, 0.25) is 0 Å². The molecule has 106 valence electrons. The highest BCUT2D eigenvalue weighted by Crippen LogP contribution is 2.28. The number of aromatic nitrogens is 2. The number of carbonyl (C=O) groups is 1. The molecule has 0 aliphatic carbocycles. The van der Waals surface area contributed by atoms with Crippen LogP contribution in [-0.2, 0) is 11.2 Å². The summed E-state index contributed by atoms with van der Waals surface area (Å²) in [5, 5.41) is 12.1. The molecule has 1 atom stereocenters. The van der Waals surface area contributed by atoms with Crippen LogP contribution in [0.25, 0.3) is 10.2 Å². The summed E-state index contributed by atoms with van der Waals surface area (Å²) in [6.07, 6.45) is 1.65. The Labute approximate surface area is 123 Å². The zero-order valence-corrected chi connectivity index (χ0v) is 11.7. The molecular formula is C15H11FN2O2S. The molecule has 3 rings (SSSR count). The van der Waals surface area contributed by atoms with E-state index in [2.05, 4.69) is 9.97 Å². The third-order valence-corrected chi connectivity index (χ3v) is 4.09. The van der Waals surface area contributed by atoms with Gasteiger partial charge in [0.2, 0.25) is 0 Å². The number of hydrogen-bond acceptors (Lipinski definition) is 4. The highest BCUT2D eigenvalue weighted by molar-refractivity contribution is 7.16. The largest absolute Gasteiger partial charge is 0.481 e. The number of aliphatic carboxylic acids is 1. The summed E-state index contributed by atoms with van der Waals surface area (Å²) < 4.78 is 12.9. The lowest BCUT2D eigenvalue weighted by Gasteiger charge is -2.12. The van der Waals surface area contributed by atoms with E-state index in [0.717, 1.165) is 15.8 Å². The summed E-state index contributed by atoms with van der Waals surface area (Å²) in [7, 11) is 0. The Bertz CT molecular complexity index is 786. The molecule has 0 saturated carbocycles. The first kappa shape index (κ1) is 13.6. The molecule has 2 heterocycles. The smallest absolute Gasteiger partial charge is 0.312 e. The van der Waals surface area contributed by atoms with Gasteiger partial charge in [-0.15, -0.1) is 11.3 Å². The average molecular weight is 302 g/mol. The summed E-state index contributed by atoms with van der Waals surface area (Å²) >= 11 is 1.45. The molecule has 0 amide bonds. The Kier molecular flexibility index (Phi) is 3.62. The fourth-order valence-corrected chi connectivity index (χ4v) is 2.98. The highest BCUT2D eigenvalue weighted by atomic mass is 32.1. The van der Waals surface area contributed by atoms with Crippen molar-refractivity contribution in [3.63, 3.8) is 0 Å². The normalized spacial score (nSPS) is 12.4. The van der Waals surface area contributed by atoms with Crippen LogP contribution < -0.4 is 0 Å². The molecule has 21 heavy (non-hydrogen) atoms. The van der Waals surface area contributed by atoms with Crippen LogP contribution in [0, 0.1) is 5.82 Å². The number of fused-ring (bicyclic) bond motifs is 1. The molecule has 0 aliphatic heterocycles. The average Bonchev–Trinajstić information content (AvgIpc) is 2.95. The second-order valence-electron chi connectivity index (χ2n) is 4.62. The monoisotopic (exact) mass is 302 g/mol. The summed E-state index contributed by atoms with van der Waals surface area (Å²) in [5.41, 5.74) is 1.25. The van der Waals surface area contributed by atoms with E-state index >= 15 is 0 Å². The van der Waals surface area contributed by atoms with E-state index in [4.69, 9.17) is 0 Å². The lowest BCUT2D eigenvalue weighted by atomic mass is 9.94. The van der Waals surface area contributed by atoms with Crippen molar-refractivity contribution in [2.24, 2.45) is 0 Å². The van der Waals surface area contributed by atoms with Crippen molar-refractivity contribution < 1.29 is 14.3 Å². The number of thiophene rings is 1. The fraction of sp³-hybridized carbons (Fsp3) is 0.133. The van der Waals surface area contributed by atoms with Crippen LogP contribution in [0.5, 0.6) is 0 Å². The second kappa shape index (κ2) is 5.57. The van der Waals surface area contributed by atoms with Gasteiger partial charge in [0.25, 0.3) is 0 Å². The lowest BCUT2D eigenvalue weighted by molar-refractivity contribution is -0.138. The summed E-state index contributed by atoms with van der Waals surface area (Å²) in [5.74, 6) is -2.08. The van der Waals surface area contributed by atoms with E-state index in [1.54, 1.807) is 12.1 Å². The van der Waals surface area contributed by atoms with Gasteiger partial charge in [-0.2, -0.15) is 0 Å². The minimum Gasteiger partial charge on any atom is -0.481 e. The third-order valence-electron chi connectivity index (χ3n) is 3.27. The molecule has 4 nitrogen and oxygen atoms in total. The van der Waals surface area contributed by atoms with Crippen molar-refractivity contribution >= 4 is 27.5 Å². The molecule has 0 fully saturated rings. The zero-order valence-electron chi connectivity index (χ0n) is 10.9. The van der Waals surface area contributed by atoms with Gasteiger partial charge in [0.1, 0.15) is 22.9 Å². The highest BCUT2D eigenvalue weighted by Gasteiger charge is 2.24. The molecule has 0 spiro atoms. The van der Waals surface area contributed by atoms with Gasteiger partial charge in [0.15, 0.2) is 0 Å². The molecular weight excluding hydrogens is 291 g/mol. The summed E-state index contributed by atoms with van der Waals surface area (Å²) in [6, 6.07) is 7.67. The van der Waals surface area contributed by atoms with Gasteiger partial charge in [-0.25, -0.2) is 14.4 Å². The van der Waals surface area contributed by atoms with Gasteiger partial charge in [-0.3, -0.25) is 4.79 Å². The van der Waals surface area contributed by atoms with Crippen molar-refractivity contribution in [2.75, 3.05) is 0 Å². The quantitative estimate of drug-likeness (QED) is 0.803. The van der Waals surface area contributed by atoms with Gasteiger partial charge in [0, 0.05) is 5.39 Å². The Hall–Kier alpha value is -2.34. The molecule has 3 aromatic rings. The Balaban J connectivity index is 2.00. The number of nitrogens with zero attached hydrogens (tertiary/aromatic N) is 2. The van der Waals surface area contributed by atoms with E-state index in [-0.39, 0.29) is 12.2 Å². The van der Waals surface area contributed by atoms with Crippen molar-refractivity contribution in [3.8, 4) is 0 Å². The zero-order chi connectivity index (χ0) is 14.8. The molecule has 0 radical (unpaired) electrons. The van der Waals surface area contributed by atoms with Crippen LogP contribution >= 0.6 is 11.3 Å². The maximum atomic E-state index is 12.9. The third kappa shape index (κ3) is 2.75. The van der Waals surface area contributed by atoms with Crippen LogP contribution in [0.15, 0.2) is 42.0 Å². The molecule has 0 bridgehead atoms. The maximum absolute atomic E-state index is 12.9. The molecule has 6 heteroatoms. The van der Waals surface area contributed by atoms with Crippen LogP contribution in [0.3, 0.4) is 0 Å². The Morgan fingerprint density at radius 2 is 2.00 bits per heavy atom. The fourth-order valence-electron chi connectivity index (χ4n) is 2.24. The first-order valence-corrected chi connectivity index (χ1v) is 7.18. The minimum absolute atomic E-state index is 0.261. The number of rotatable bonds is 4. The molecule has 0 saturated heterocycles. The van der Waals surface area contributed by atoms with Gasteiger partial charge in [-0.1, -0.05) is 12.1 Å². The van der Waals surface area contributed by atoms with Gasteiger partial charge in [-0.05, 0) is 35.6 Å². The molecule has 2 aromatic heterocycles. The second-order valence-corrected chi connectivity index (χ2v) is 5.51. The minimum atomic E-state index is -0.953. The SMILES string of the molecule is O=C(O)C(Cc1ccc(F)cc1)c1ncnc2sccc12. The molecule has 0 aliphatic rings. The topological polar surface area (TPSA) is 63.1 Å². The Morgan fingerprint density at radius 3 is 2.71 bits per heavy atom. The summed E-state index contributed by atoms with van der Waals surface area (Å²) in [6.45, 7) is 0. The van der Waals surface area contributed by atoms with E-state index in [9.17, 15) is 14.3 Å². The predicted molar refractivity (Wildman–Crippen MR) is 77.9 cm³/mol. The van der Waals surface area contributed by atoms with Crippen molar-refractivity contribution in [1.82, 2.24) is 9.97 Å². The first-order valence-electron chi connectivity index (χ1n) is 6.30. The molecule has 1 aromatic carbocycles. The number of halogens is 1. The Morgan fingerprint density at radius 1 is 1.24 bits per heavy atom. The van der Waals surface area contributed by atoms with Crippen molar-refractivity contribution in [1.29, 1.82) is 0 Å². The van der Waals surface area contributed by atoms with Crippen LogP contribution in [0.4, 0.5) is 4.39 Å². The molecule has 1 N–H and O–H groups in total. The first-order chi connectivity index (χ1) is 10.1. The van der Waals surface area contributed by atoms with Crippen molar-refractivity contribution in [2.45, 2.75) is 12.3 Å². The number of carboxylic acid groups (broad SMARTS) is 1. The van der Waals surface area contributed by atoms with Crippen molar-refractivity contribution in [3.05, 3.63) is 59.1 Å². The van der Waals surface area contributed by atoms with Crippen LogP contribution in [-0.4, -0.2) is 21.0 Å².